The van der Waals surface area contributed by atoms with Crippen molar-refractivity contribution in [3.8, 4) is 28.0 Å². The van der Waals surface area contributed by atoms with Crippen LogP contribution in [0.1, 0.15) is 53.0 Å². The van der Waals surface area contributed by atoms with E-state index in [1.807, 2.05) is 18.2 Å². The second-order valence-corrected chi connectivity index (χ2v) is 14.9. The Morgan fingerprint density at radius 3 is 2.58 bits per heavy atom. The molecule has 17 heteroatoms. The maximum Gasteiger partial charge on any atom is 0.241 e. The SMILES string of the molecule is CC(C)Nc1cc(-c2ccc3cc(C#N)cnn23)ncc1-c1nnc(N2CCN(C(=O)CNc3cccc4c3C(=O)C(C3CCC(=O)NC3=O)C4=O)CC2)s1. The Morgan fingerprint density at radius 1 is 1.00 bits per heavy atom. The van der Waals surface area contributed by atoms with Crippen molar-refractivity contribution in [2.45, 2.75) is 32.7 Å². The number of imide groups is 1. The molecule has 6 heterocycles. The van der Waals surface area contributed by atoms with Crippen LogP contribution < -0.4 is 20.9 Å². The van der Waals surface area contributed by atoms with Crippen molar-refractivity contribution in [3.63, 3.8) is 0 Å². The number of rotatable bonds is 9. The van der Waals surface area contributed by atoms with Crippen molar-refractivity contribution in [1.82, 2.24) is 35.0 Å². The fourth-order valence-corrected chi connectivity index (χ4v) is 8.26. The molecule has 4 aromatic heterocycles. The fourth-order valence-electron chi connectivity index (χ4n) is 7.34. The molecule has 0 spiro atoms. The molecule has 2 atom stereocenters. The van der Waals surface area contributed by atoms with Crippen molar-refractivity contribution in [1.29, 1.82) is 5.26 Å². The lowest BCUT2D eigenvalue weighted by Gasteiger charge is -2.34. The van der Waals surface area contributed by atoms with Crippen LogP contribution in [0.25, 0.3) is 27.5 Å². The van der Waals surface area contributed by atoms with Gasteiger partial charge in [-0.05, 0) is 50.6 Å². The van der Waals surface area contributed by atoms with E-state index in [1.54, 1.807) is 39.9 Å². The number of fused-ring (bicyclic) bond motifs is 2. The highest BCUT2D eigenvalue weighted by molar-refractivity contribution is 7.18. The normalized spacial score (nSPS) is 18.4. The number of aromatic nitrogens is 5. The molecule has 5 aromatic rings. The zero-order valence-electron chi connectivity index (χ0n) is 29.9. The van der Waals surface area contributed by atoms with Gasteiger partial charge in [-0.1, -0.05) is 23.5 Å². The molecule has 1 aromatic carbocycles. The van der Waals surface area contributed by atoms with E-state index in [9.17, 15) is 29.2 Å². The Hall–Kier alpha value is -6.54. The minimum atomic E-state index is -1.19. The number of nitriles is 1. The molecule has 3 aliphatic rings. The number of hydrogen-bond donors (Lipinski definition) is 3. The maximum absolute atomic E-state index is 13.5. The summed E-state index contributed by atoms with van der Waals surface area (Å²) in [5.41, 5.74) is 5.16. The minimum Gasteiger partial charge on any atom is -0.382 e. The van der Waals surface area contributed by atoms with Gasteiger partial charge >= 0.3 is 0 Å². The minimum absolute atomic E-state index is 0.0673. The number of piperidine rings is 1. The molecule has 16 nitrogen and oxygen atoms in total. The lowest BCUT2D eigenvalue weighted by atomic mass is 9.82. The Kier molecular flexibility index (Phi) is 9.27. The van der Waals surface area contributed by atoms with Crippen LogP contribution in [0.2, 0.25) is 0 Å². The van der Waals surface area contributed by atoms with Crippen LogP contribution in [0.4, 0.5) is 16.5 Å². The van der Waals surface area contributed by atoms with Crippen molar-refractivity contribution in [2.75, 3.05) is 48.3 Å². The Bertz CT molecular complexity index is 2440. The molecule has 3 amide bonds. The van der Waals surface area contributed by atoms with Gasteiger partial charge in [-0.3, -0.25) is 34.3 Å². The average molecular weight is 758 g/mol. The van der Waals surface area contributed by atoms with E-state index in [2.05, 4.69) is 56.1 Å². The van der Waals surface area contributed by atoms with Gasteiger partial charge in [0, 0.05) is 61.8 Å². The number of carbonyl (C=O) groups excluding carboxylic acids is 5. The predicted octanol–water partition coefficient (Wildman–Crippen LogP) is 3.42. The number of pyridine rings is 1. The summed E-state index contributed by atoms with van der Waals surface area (Å²) in [4.78, 5) is 72.8. The summed E-state index contributed by atoms with van der Waals surface area (Å²) in [5.74, 6) is -4.21. The standard InChI is InChI=1S/C38H35N11O5S/c1-20(2)43-27-15-28(29-8-6-22-14-21(16-39)17-42-49(22)29)40-18-25(27)37-45-46-38(55-37)48-12-10-47(11-13-48)31(51)19-41-26-5-3-4-23-32(26)35(53)33(34(23)52)24-7-9-30(50)44-36(24)54/h3-6,8,14-15,17-18,20,24,33,41H,7,9-13,19H2,1-2H3,(H,40,43)(H,44,50,54). The third-order valence-corrected chi connectivity index (χ3v) is 11.1. The van der Waals surface area contributed by atoms with Crippen molar-refractivity contribution < 1.29 is 24.0 Å². The van der Waals surface area contributed by atoms with Gasteiger partial charge in [-0.2, -0.15) is 10.4 Å². The number of anilines is 3. The van der Waals surface area contributed by atoms with Gasteiger partial charge in [0.2, 0.25) is 22.9 Å². The molecule has 3 N–H and O–H groups in total. The number of carbonyl (C=O) groups is 5. The quantitative estimate of drug-likeness (QED) is 0.146. The van der Waals surface area contributed by atoms with Crippen molar-refractivity contribution in [2.24, 2.45) is 11.8 Å². The predicted molar refractivity (Wildman–Crippen MR) is 203 cm³/mol. The fraction of sp³-hybridized carbons (Fsp3) is 0.316. The smallest absolute Gasteiger partial charge is 0.241 e. The van der Waals surface area contributed by atoms with E-state index in [4.69, 9.17) is 4.98 Å². The number of piperazine rings is 1. The summed E-state index contributed by atoms with van der Waals surface area (Å²) in [6.45, 7) is 5.99. The summed E-state index contributed by atoms with van der Waals surface area (Å²) in [5, 5.41) is 32.9. The third kappa shape index (κ3) is 6.65. The first-order valence-corrected chi connectivity index (χ1v) is 18.7. The van der Waals surface area contributed by atoms with E-state index in [1.165, 1.54) is 17.5 Å². The number of ketones is 2. The van der Waals surface area contributed by atoms with Gasteiger partial charge in [-0.25, -0.2) is 4.52 Å². The highest BCUT2D eigenvalue weighted by Gasteiger charge is 2.48. The molecule has 0 bridgehead atoms. The van der Waals surface area contributed by atoms with Crippen molar-refractivity contribution in [3.05, 3.63) is 71.5 Å². The molecular weight excluding hydrogens is 723 g/mol. The number of nitrogens with one attached hydrogen (secondary N) is 3. The molecular formula is C38H35N11O5S. The largest absolute Gasteiger partial charge is 0.382 e. The molecule has 55 heavy (non-hydrogen) atoms. The third-order valence-electron chi connectivity index (χ3n) is 10.0. The van der Waals surface area contributed by atoms with Crippen LogP contribution in [-0.2, 0) is 14.4 Å². The van der Waals surface area contributed by atoms with E-state index < -0.39 is 35.2 Å². The molecule has 0 saturated carbocycles. The first kappa shape index (κ1) is 35.5. The zero-order chi connectivity index (χ0) is 38.4. The van der Waals surface area contributed by atoms with Gasteiger partial charge in [-0.15, -0.1) is 10.2 Å². The summed E-state index contributed by atoms with van der Waals surface area (Å²) in [6.07, 6.45) is 3.50. The first-order chi connectivity index (χ1) is 26.6. The second-order valence-electron chi connectivity index (χ2n) is 13.9. The number of benzene rings is 1. The number of Topliss-reactive ketones (excluding diaryl/α,β-unsaturated/α-hetero) is 2. The Labute approximate surface area is 318 Å². The summed E-state index contributed by atoms with van der Waals surface area (Å²) >= 11 is 1.44. The van der Waals surface area contributed by atoms with E-state index in [-0.39, 0.29) is 42.5 Å². The van der Waals surface area contributed by atoms with Gasteiger partial charge in [0.05, 0.1) is 58.2 Å². The molecule has 1 aliphatic carbocycles. The lowest BCUT2D eigenvalue weighted by Crippen LogP contribution is -2.50. The van der Waals surface area contributed by atoms with Crippen LogP contribution >= 0.6 is 11.3 Å². The van der Waals surface area contributed by atoms with E-state index in [0.717, 1.165) is 27.6 Å². The average Bonchev–Trinajstić information content (AvgIpc) is 3.91. The van der Waals surface area contributed by atoms with Gasteiger partial charge in [0.25, 0.3) is 0 Å². The number of nitrogens with zero attached hydrogens (tertiary/aromatic N) is 8. The van der Waals surface area contributed by atoms with E-state index >= 15 is 0 Å². The summed E-state index contributed by atoms with van der Waals surface area (Å²) in [7, 11) is 0. The Morgan fingerprint density at radius 2 is 1.82 bits per heavy atom. The lowest BCUT2D eigenvalue weighted by molar-refractivity contribution is -0.137. The highest BCUT2D eigenvalue weighted by Crippen LogP contribution is 2.39. The first-order valence-electron chi connectivity index (χ1n) is 17.9. The molecule has 278 valence electrons. The molecule has 8 rings (SSSR count). The van der Waals surface area contributed by atoms with Gasteiger partial charge in [0.15, 0.2) is 16.6 Å². The summed E-state index contributed by atoms with van der Waals surface area (Å²) < 4.78 is 1.75. The van der Waals surface area contributed by atoms with Crippen LogP contribution in [0.15, 0.2) is 54.9 Å². The molecule has 2 fully saturated rings. The molecule has 2 saturated heterocycles. The molecule has 2 unspecified atom stereocenters. The van der Waals surface area contributed by atoms with Gasteiger partial charge < -0.3 is 20.4 Å². The highest BCUT2D eigenvalue weighted by atomic mass is 32.1. The van der Waals surface area contributed by atoms with Gasteiger partial charge in [0.1, 0.15) is 6.07 Å². The zero-order valence-corrected chi connectivity index (χ0v) is 30.7. The Balaban J connectivity index is 0.912. The van der Waals surface area contributed by atoms with Crippen molar-refractivity contribution >= 4 is 62.6 Å². The van der Waals surface area contributed by atoms with Crippen LogP contribution in [0.5, 0.6) is 0 Å². The second kappa shape index (κ2) is 14.4. The van der Waals surface area contributed by atoms with Crippen LogP contribution in [0, 0.1) is 23.2 Å². The van der Waals surface area contributed by atoms with Crippen LogP contribution in [-0.4, -0.2) is 97.7 Å². The monoisotopic (exact) mass is 757 g/mol. The number of amides is 3. The molecule has 2 aliphatic heterocycles. The molecule has 0 radical (unpaired) electrons. The number of hydrogen-bond acceptors (Lipinski definition) is 14. The topological polar surface area (TPSA) is 208 Å². The summed E-state index contributed by atoms with van der Waals surface area (Å²) in [6, 6.07) is 14.6. The van der Waals surface area contributed by atoms with Crippen LogP contribution in [0.3, 0.4) is 0 Å². The van der Waals surface area contributed by atoms with E-state index in [0.29, 0.717) is 48.1 Å². The maximum atomic E-state index is 13.5.